The fourth-order valence-electron chi connectivity index (χ4n) is 2.78. The van der Waals surface area contributed by atoms with Crippen molar-refractivity contribution >= 4 is 11.8 Å². The van der Waals surface area contributed by atoms with Crippen LogP contribution in [0.15, 0.2) is 30.3 Å². The molecular formula is C17H25N3O2. The van der Waals surface area contributed by atoms with E-state index < -0.39 is 6.04 Å². The van der Waals surface area contributed by atoms with Gasteiger partial charge in [0.2, 0.25) is 11.8 Å². The molecule has 5 heteroatoms. The van der Waals surface area contributed by atoms with Crippen molar-refractivity contribution < 1.29 is 9.59 Å². The molecule has 5 nitrogen and oxygen atoms in total. The number of benzene rings is 1. The van der Waals surface area contributed by atoms with Crippen LogP contribution < -0.4 is 0 Å². The molecule has 1 aromatic rings. The maximum absolute atomic E-state index is 12.9. The molecule has 0 bridgehead atoms. The smallest absolute Gasteiger partial charge is 0.244 e. The molecule has 2 rings (SSSR count). The lowest BCUT2D eigenvalue weighted by molar-refractivity contribution is -0.137. The van der Waals surface area contributed by atoms with Gasteiger partial charge in [-0.3, -0.25) is 14.5 Å². The summed E-state index contributed by atoms with van der Waals surface area (Å²) in [5.41, 5.74) is 0.938. The van der Waals surface area contributed by atoms with Crippen molar-refractivity contribution in [3.8, 4) is 0 Å². The number of hydrogen-bond acceptors (Lipinski definition) is 3. The molecule has 1 unspecified atom stereocenters. The molecule has 120 valence electrons. The summed E-state index contributed by atoms with van der Waals surface area (Å²) in [5.74, 6) is 0.0930. The Balaban J connectivity index is 2.21. The van der Waals surface area contributed by atoms with E-state index in [9.17, 15) is 9.59 Å². The molecule has 1 aliphatic rings. The average molecular weight is 303 g/mol. The van der Waals surface area contributed by atoms with E-state index in [2.05, 4.69) is 0 Å². The van der Waals surface area contributed by atoms with Crippen molar-refractivity contribution in [3.63, 3.8) is 0 Å². The Morgan fingerprint density at radius 1 is 1.09 bits per heavy atom. The molecule has 0 radical (unpaired) electrons. The maximum atomic E-state index is 12.9. The van der Waals surface area contributed by atoms with E-state index in [1.807, 2.05) is 47.2 Å². The summed E-state index contributed by atoms with van der Waals surface area (Å²) in [6, 6.07) is 9.31. The minimum atomic E-state index is -0.400. The summed E-state index contributed by atoms with van der Waals surface area (Å²) < 4.78 is 0. The molecule has 0 aromatic heterocycles. The van der Waals surface area contributed by atoms with Crippen LogP contribution in [0.25, 0.3) is 0 Å². The highest BCUT2D eigenvalue weighted by atomic mass is 16.2. The van der Waals surface area contributed by atoms with Gasteiger partial charge in [-0.25, -0.2) is 0 Å². The average Bonchev–Trinajstić information content (AvgIpc) is 3.02. The number of likely N-dealkylation sites (N-methyl/N-ethyl adjacent to an activating group) is 2. The normalized spacial score (nSPS) is 15.9. The van der Waals surface area contributed by atoms with E-state index >= 15 is 0 Å². The fraction of sp³-hybridized carbons (Fsp3) is 0.529. The Hall–Kier alpha value is -1.88. The Morgan fingerprint density at radius 3 is 2.23 bits per heavy atom. The molecule has 0 aliphatic carbocycles. The summed E-state index contributed by atoms with van der Waals surface area (Å²) >= 11 is 0. The van der Waals surface area contributed by atoms with Gasteiger partial charge >= 0.3 is 0 Å². The lowest BCUT2D eigenvalue weighted by atomic mass is 10.0. The molecular weight excluding hydrogens is 278 g/mol. The zero-order valence-electron chi connectivity index (χ0n) is 13.7. The molecule has 1 atom stereocenters. The van der Waals surface area contributed by atoms with Crippen molar-refractivity contribution in [1.82, 2.24) is 14.7 Å². The third-order valence-electron chi connectivity index (χ3n) is 4.09. The van der Waals surface area contributed by atoms with Crippen LogP contribution in [-0.2, 0) is 9.59 Å². The van der Waals surface area contributed by atoms with Crippen LogP contribution in [-0.4, -0.2) is 67.3 Å². The third kappa shape index (κ3) is 3.85. The number of carbonyl (C=O) groups excluding carboxylic acids is 2. The van der Waals surface area contributed by atoms with Gasteiger partial charge in [0.25, 0.3) is 0 Å². The Labute approximate surface area is 132 Å². The Kier molecular flexibility index (Phi) is 5.55. The van der Waals surface area contributed by atoms with Gasteiger partial charge in [0.05, 0.1) is 6.54 Å². The molecule has 1 fully saturated rings. The monoisotopic (exact) mass is 303 g/mol. The molecule has 0 saturated carbocycles. The number of hydrogen-bond donors (Lipinski definition) is 0. The van der Waals surface area contributed by atoms with Crippen LogP contribution >= 0.6 is 0 Å². The summed E-state index contributed by atoms with van der Waals surface area (Å²) in [6.07, 6.45) is 2.13. The van der Waals surface area contributed by atoms with Crippen LogP contribution in [0.2, 0.25) is 0 Å². The van der Waals surface area contributed by atoms with Gasteiger partial charge in [-0.05, 0) is 25.5 Å². The maximum Gasteiger partial charge on any atom is 0.244 e. The van der Waals surface area contributed by atoms with Gasteiger partial charge in [0.15, 0.2) is 0 Å². The first-order valence-corrected chi connectivity index (χ1v) is 7.75. The van der Waals surface area contributed by atoms with Gasteiger partial charge in [-0.1, -0.05) is 30.3 Å². The quantitative estimate of drug-likeness (QED) is 0.825. The summed E-state index contributed by atoms with van der Waals surface area (Å²) in [4.78, 5) is 30.2. The first-order chi connectivity index (χ1) is 10.5. The number of likely N-dealkylation sites (tertiary alicyclic amines) is 1. The number of carbonyl (C=O) groups is 2. The van der Waals surface area contributed by atoms with Crippen molar-refractivity contribution in [2.24, 2.45) is 0 Å². The van der Waals surface area contributed by atoms with Crippen LogP contribution in [0.5, 0.6) is 0 Å². The van der Waals surface area contributed by atoms with Gasteiger partial charge in [0.1, 0.15) is 6.04 Å². The third-order valence-corrected chi connectivity index (χ3v) is 4.09. The highest BCUT2D eigenvalue weighted by Crippen LogP contribution is 2.24. The second-order valence-electron chi connectivity index (χ2n) is 6.05. The predicted molar refractivity (Wildman–Crippen MR) is 86.3 cm³/mol. The van der Waals surface area contributed by atoms with E-state index in [0.717, 1.165) is 31.5 Å². The molecule has 1 heterocycles. The Bertz CT molecular complexity index is 510. The lowest BCUT2D eigenvalue weighted by Crippen LogP contribution is -2.44. The fourth-order valence-corrected chi connectivity index (χ4v) is 2.78. The van der Waals surface area contributed by atoms with Gasteiger partial charge < -0.3 is 9.80 Å². The number of rotatable bonds is 5. The first kappa shape index (κ1) is 16.5. The standard InChI is InChI=1S/C17H25N3O2/c1-18(2)15(21)13-19(3)16(14-9-5-4-6-10-14)17(22)20-11-7-8-12-20/h4-6,9-10,16H,7-8,11-13H2,1-3H3. The molecule has 0 N–H and O–H groups in total. The highest BCUT2D eigenvalue weighted by molar-refractivity contribution is 5.85. The SMILES string of the molecule is CN(C)C(=O)CN(C)C(C(=O)N1CCCC1)c1ccccc1. The van der Waals surface area contributed by atoms with Crippen LogP contribution in [0, 0.1) is 0 Å². The lowest BCUT2D eigenvalue weighted by Gasteiger charge is -2.31. The number of amides is 2. The summed E-state index contributed by atoms with van der Waals surface area (Å²) in [7, 11) is 5.30. The highest BCUT2D eigenvalue weighted by Gasteiger charge is 2.31. The van der Waals surface area contributed by atoms with Crippen molar-refractivity contribution in [2.45, 2.75) is 18.9 Å². The minimum absolute atomic E-state index is 0.00217. The summed E-state index contributed by atoms with van der Waals surface area (Å²) in [6.45, 7) is 1.86. The van der Waals surface area contributed by atoms with E-state index in [1.54, 1.807) is 19.0 Å². The van der Waals surface area contributed by atoms with E-state index in [0.29, 0.717) is 0 Å². The zero-order valence-corrected chi connectivity index (χ0v) is 13.7. The van der Waals surface area contributed by atoms with Crippen molar-refractivity contribution in [1.29, 1.82) is 0 Å². The van der Waals surface area contributed by atoms with Gasteiger partial charge in [0, 0.05) is 27.2 Å². The second kappa shape index (κ2) is 7.40. The number of nitrogens with zero attached hydrogens (tertiary/aromatic N) is 3. The molecule has 22 heavy (non-hydrogen) atoms. The predicted octanol–water partition coefficient (Wildman–Crippen LogP) is 1.37. The van der Waals surface area contributed by atoms with Crippen LogP contribution in [0.4, 0.5) is 0 Å². The van der Waals surface area contributed by atoms with Crippen LogP contribution in [0.3, 0.4) is 0 Å². The molecule has 2 amide bonds. The summed E-state index contributed by atoms with van der Waals surface area (Å²) in [5, 5.41) is 0. The molecule has 1 saturated heterocycles. The van der Waals surface area contributed by atoms with Gasteiger partial charge in [-0.2, -0.15) is 0 Å². The van der Waals surface area contributed by atoms with Crippen molar-refractivity contribution in [3.05, 3.63) is 35.9 Å². The van der Waals surface area contributed by atoms with E-state index in [1.165, 1.54) is 0 Å². The molecule has 1 aromatic carbocycles. The van der Waals surface area contributed by atoms with Crippen molar-refractivity contribution in [2.75, 3.05) is 40.8 Å². The van der Waals surface area contributed by atoms with Crippen LogP contribution in [0.1, 0.15) is 24.4 Å². The second-order valence-corrected chi connectivity index (χ2v) is 6.05. The minimum Gasteiger partial charge on any atom is -0.348 e. The molecule has 1 aliphatic heterocycles. The van der Waals surface area contributed by atoms with E-state index in [-0.39, 0.29) is 18.4 Å². The first-order valence-electron chi connectivity index (χ1n) is 7.75. The largest absolute Gasteiger partial charge is 0.348 e. The van der Waals surface area contributed by atoms with Gasteiger partial charge in [-0.15, -0.1) is 0 Å². The van der Waals surface area contributed by atoms with E-state index in [4.69, 9.17) is 0 Å². The Morgan fingerprint density at radius 2 is 1.68 bits per heavy atom. The zero-order chi connectivity index (χ0) is 16.1. The topological polar surface area (TPSA) is 43.9 Å². The molecule has 0 spiro atoms.